The Morgan fingerprint density at radius 1 is 1.48 bits per heavy atom. The van der Waals surface area contributed by atoms with Crippen molar-refractivity contribution in [2.45, 2.75) is 18.6 Å². The van der Waals surface area contributed by atoms with E-state index in [1.807, 2.05) is 4.90 Å². The maximum atomic E-state index is 12.0. The number of halogens is 1. The minimum absolute atomic E-state index is 0.176. The molecule has 9 heteroatoms. The molecule has 1 saturated heterocycles. The van der Waals surface area contributed by atoms with Crippen LogP contribution in [0.3, 0.4) is 0 Å². The van der Waals surface area contributed by atoms with Crippen molar-refractivity contribution in [1.82, 2.24) is 24.9 Å². The third kappa shape index (κ3) is 4.25. The van der Waals surface area contributed by atoms with Gasteiger partial charge in [0.25, 0.3) is 0 Å². The van der Waals surface area contributed by atoms with E-state index in [1.54, 1.807) is 29.2 Å². The van der Waals surface area contributed by atoms with Crippen LogP contribution in [-0.2, 0) is 11.3 Å². The number of likely N-dealkylation sites (tertiary alicyclic amines) is 1. The summed E-state index contributed by atoms with van der Waals surface area (Å²) in [6.07, 6.45) is 5.34. The van der Waals surface area contributed by atoms with E-state index < -0.39 is 5.60 Å². The lowest BCUT2D eigenvalue weighted by molar-refractivity contribution is -0.117. The highest BCUT2D eigenvalue weighted by Gasteiger charge is 2.37. The fourth-order valence-corrected chi connectivity index (χ4v) is 2.77. The van der Waals surface area contributed by atoms with Gasteiger partial charge >= 0.3 is 0 Å². The maximum absolute atomic E-state index is 12.0. The zero-order valence-corrected chi connectivity index (χ0v) is 13.1. The first-order valence-electron chi connectivity index (χ1n) is 7.23. The van der Waals surface area contributed by atoms with Crippen molar-refractivity contribution in [1.29, 1.82) is 0 Å². The molecule has 0 radical (unpaired) electrons. The molecule has 1 atom stereocenters. The van der Waals surface area contributed by atoms with Crippen LogP contribution in [0.4, 0.5) is 5.82 Å². The Bertz CT molecular complexity index is 662. The van der Waals surface area contributed by atoms with Crippen LogP contribution in [-0.4, -0.2) is 61.1 Å². The quantitative estimate of drug-likeness (QED) is 0.820. The molecule has 1 unspecified atom stereocenters. The molecule has 3 rings (SSSR count). The normalized spacial score (nSPS) is 21.5. The van der Waals surface area contributed by atoms with Gasteiger partial charge in [0.2, 0.25) is 5.91 Å². The molecule has 1 fully saturated rings. The zero-order chi connectivity index (χ0) is 16.3. The first kappa shape index (κ1) is 15.9. The van der Waals surface area contributed by atoms with Gasteiger partial charge in [-0.25, -0.2) is 9.67 Å². The molecular formula is C14H17ClN6O2. The molecule has 0 spiro atoms. The van der Waals surface area contributed by atoms with Crippen molar-refractivity contribution >= 4 is 23.3 Å². The van der Waals surface area contributed by atoms with Gasteiger partial charge in [-0.1, -0.05) is 16.8 Å². The minimum atomic E-state index is -0.896. The van der Waals surface area contributed by atoms with Crippen LogP contribution in [0.2, 0.25) is 5.02 Å². The second kappa shape index (κ2) is 6.61. The average Bonchev–Trinajstić information content (AvgIpc) is 3.12. The van der Waals surface area contributed by atoms with Crippen LogP contribution in [0.15, 0.2) is 30.7 Å². The number of aromatic nitrogens is 4. The fourth-order valence-electron chi connectivity index (χ4n) is 2.66. The molecule has 1 aliphatic rings. The van der Waals surface area contributed by atoms with Crippen LogP contribution >= 0.6 is 11.6 Å². The summed E-state index contributed by atoms with van der Waals surface area (Å²) in [5, 5.41) is 21.4. The summed E-state index contributed by atoms with van der Waals surface area (Å²) in [6, 6.07) is 3.31. The number of rotatable bonds is 5. The van der Waals surface area contributed by atoms with E-state index in [2.05, 4.69) is 20.6 Å². The predicted molar refractivity (Wildman–Crippen MR) is 83.9 cm³/mol. The van der Waals surface area contributed by atoms with Gasteiger partial charge in [-0.2, -0.15) is 0 Å². The van der Waals surface area contributed by atoms with Gasteiger partial charge in [0, 0.05) is 25.5 Å². The van der Waals surface area contributed by atoms with E-state index in [9.17, 15) is 9.90 Å². The minimum Gasteiger partial charge on any atom is -0.387 e. The van der Waals surface area contributed by atoms with Gasteiger partial charge in [0.15, 0.2) is 0 Å². The van der Waals surface area contributed by atoms with Crippen molar-refractivity contribution in [3.05, 3.63) is 35.7 Å². The van der Waals surface area contributed by atoms with Crippen molar-refractivity contribution < 1.29 is 9.90 Å². The molecule has 23 heavy (non-hydrogen) atoms. The molecule has 0 aliphatic carbocycles. The topological polar surface area (TPSA) is 96.2 Å². The number of β-amino-alcohol motifs (C(OH)–C–C–N with tert-alkyl or cyclic N) is 1. The molecule has 1 aliphatic heterocycles. The number of hydrogen-bond donors (Lipinski definition) is 2. The monoisotopic (exact) mass is 336 g/mol. The van der Waals surface area contributed by atoms with Gasteiger partial charge in [-0.05, 0) is 18.6 Å². The molecule has 3 heterocycles. The summed E-state index contributed by atoms with van der Waals surface area (Å²) >= 11 is 5.75. The third-order valence-electron chi connectivity index (χ3n) is 3.70. The summed E-state index contributed by atoms with van der Waals surface area (Å²) < 4.78 is 1.60. The number of nitrogens with one attached hydrogen (secondary N) is 1. The van der Waals surface area contributed by atoms with Crippen LogP contribution < -0.4 is 5.32 Å². The molecule has 1 amide bonds. The Morgan fingerprint density at radius 2 is 2.35 bits per heavy atom. The Morgan fingerprint density at radius 3 is 3.04 bits per heavy atom. The second-order valence-corrected chi connectivity index (χ2v) is 6.13. The molecule has 0 bridgehead atoms. The van der Waals surface area contributed by atoms with Gasteiger partial charge in [0.1, 0.15) is 5.82 Å². The molecule has 2 aromatic heterocycles. The number of anilines is 1. The van der Waals surface area contributed by atoms with Crippen molar-refractivity contribution in [2.75, 3.05) is 25.0 Å². The maximum Gasteiger partial charge on any atom is 0.239 e. The standard InChI is InChI=1S/C14H17ClN6O2/c15-11-1-2-12(16-7-11)18-13(22)8-20-5-3-14(23,9-20)10-21-6-4-17-19-21/h1-2,4,6-7,23H,3,5,8-10H2,(H,16,18,22). The fraction of sp³-hybridized carbons (Fsp3) is 0.429. The summed E-state index contributed by atoms with van der Waals surface area (Å²) in [4.78, 5) is 18.0. The molecule has 8 nitrogen and oxygen atoms in total. The Labute approximate surface area is 138 Å². The highest BCUT2D eigenvalue weighted by Crippen LogP contribution is 2.22. The van der Waals surface area contributed by atoms with Gasteiger partial charge in [0.05, 0.1) is 29.9 Å². The summed E-state index contributed by atoms with van der Waals surface area (Å²) in [5.41, 5.74) is -0.896. The number of amides is 1. The van der Waals surface area contributed by atoms with Crippen molar-refractivity contribution in [3.63, 3.8) is 0 Å². The second-order valence-electron chi connectivity index (χ2n) is 5.70. The summed E-state index contributed by atoms with van der Waals surface area (Å²) in [6.45, 7) is 1.62. The van der Waals surface area contributed by atoms with Crippen molar-refractivity contribution in [3.8, 4) is 0 Å². The lowest BCUT2D eigenvalue weighted by atomic mass is 10.0. The predicted octanol–water partition coefficient (Wildman–Crippen LogP) is 0.402. The van der Waals surface area contributed by atoms with Crippen LogP contribution in [0.1, 0.15) is 6.42 Å². The number of pyridine rings is 1. The Hall–Kier alpha value is -2.03. The zero-order valence-electron chi connectivity index (χ0n) is 12.4. The summed E-state index contributed by atoms with van der Waals surface area (Å²) in [7, 11) is 0. The van der Waals surface area contributed by atoms with Gasteiger partial charge < -0.3 is 10.4 Å². The lowest BCUT2D eigenvalue weighted by Crippen LogP contribution is -2.39. The number of carbonyl (C=O) groups excluding carboxylic acids is 1. The van der Waals surface area contributed by atoms with E-state index in [-0.39, 0.29) is 12.5 Å². The molecule has 2 N–H and O–H groups in total. The van der Waals surface area contributed by atoms with E-state index in [4.69, 9.17) is 11.6 Å². The molecule has 0 saturated carbocycles. The van der Waals surface area contributed by atoms with E-state index in [1.165, 1.54) is 6.20 Å². The van der Waals surface area contributed by atoms with Crippen LogP contribution in [0.5, 0.6) is 0 Å². The number of carbonyl (C=O) groups is 1. The average molecular weight is 337 g/mol. The molecule has 2 aromatic rings. The molecular weight excluding hydrogens is 320 g/mol. The summed E-state index contributed by atoms with van der Waals surface area (Å²) in [5.74, 6) is 0.279. The third-order valence-corrected chi connectivity index (χ3v) is 3.93. The van der Waals surface area contributed by atoms with Crippen LogP contribution in [0.25, 0.3) is 0 Å². The van der Waals surface area contributed by atoms with Crippen LogP contribution in [0, 0.1) is 0 Å². The van der Waals surface area contributed by atoms with E-state index >= 15 is 0 Å². The van der Waals surface area contributed by atoms with Gasteiger partial charge in [-0.15, -0.1) is 5.10 Å². The Balaban J connectivity index is 1.51. The first-order valence-corrected chi connectivity index (χ1v) is 7.60. The first-order chi connectivity index (χ1) is 11.0. The number of nitrogens with zero attached hydrogens (tertiary/aromatic N) is 5. The lowest BCUT2D eigenvalue weighted by Gasteiger charge is -2.22. The van der Waals surface area contributed by atoms with E-state index in [0.717, 1.165) is 0 Å². The van der Waals surface area contributed by atoms with E-state index in [0.29, 0.717) is 36.9 Å². The number of hydrogen-bond acceptors (Lipinski definition) is 6. The molecule has 0 aromatic carbocycles. The SMILES string of the molecule is O=C(CN1CCC(O)(Cn2ccnn2)C1)Nc1ccc(Cl)cn1. The highest BCUT2D eigenvalue weighted by molar-refractivity contribution is 6.30. The van der Waals surface area contributed by atoms with Crippen molar-refractivity contribution in [2.24, 2.45) is 0 Å². The largest absolute Gasteiger partial charge is 0.387 e. The highest BCUT2D eigenvalue weighted by atomic mass is 35.5. The van der Waals surface area contributed by atoms with Gasteiger partial charge in [-0.3, -0.25) is 9.69 Å². The smallest absolute Gasteiger partial charge is 0.239 e. The number of aliphatic hydroxyl groups is 1. The Kier molecular flexibility index (Phi) is 4.56. The molecule has 122 valence electrons.